The average molecular weight is 446 g/mol. The molecule has 0 saturated carbocycles. The topological polar surface area (TPSA) is 140 Å². The maximum atomic E-state index is 13.1. The van der Waals surface area contributed by atoms with Crippen LogP contribution in [0.15, 0.2) is 18.2 Å². The van der Waals surface area contributed by atoms with E-state index in [2.05, 4.69) is 0 Å². The molecular formula is C20H31O9P. The largest absolute Gasteiger partial charge is 0.493 e. The molecule has 0 bridgehead atoms. The summed E-state index contributed by atoms with van der Waals surface area (Å²) in [6.07, 6.45) is -1.65. The van der Waals surface area contributed by atoms with Gasteiger partial charge in [-0.15, -0.1) is 0 Å². The van der Waals surface area contributed by atoms with Crippen LogP contribution < -0.4 is 9.47 Å². The lowest BCUT2D eigenvalue weighted by molar-refractivity contribution is -0.167. The van der Waals surface area contributed by atoms with E-state index in [1.54, 1.807) is 12.1 Å². The van der Waals surface area contributed by atoms with E-state index >= 15 is 0 Å². The van der Waals surface area contributed by atoms with Crippen LogP contribution in [0.25, 0.3) is 0 Å². The van der Waals surface area contributed by atoms with Crippen molar-refractivity contribution in [2.75, 3.05) is 14.2 Å². The Morgan fingerprint density at radius 2 is 1.63 bits per heavy atom. The van der Waals surface area contributed by atoms with Crippen molar-refractivity contribution in [1.29, 1.82) is 0 Å². The zero-order valence-electron chi connectivity index (χ0n) is 18.2. The Kier molecular flexibility index (Phi) is 8.49. The number of carbonyl (C=O) groups is 2. The van der Waals surface area contributed by atoms with E-state index in [4.69, 9.17) is 14.2 Å². The van der Waals surface area contributed by atoms with Crippen molar-refractivity contribution < 1.29 is 43.3 Å². The molecular weight excluding hydrogens is 415 g/mol. The normalized spacial score (nSPS) is 15.8. The minimum atomic E-state index is -5.29. The Balaban J connectivity index is 3.80. The number of aliphatic carboxylic acids is 1. The van der Waals surface area contributed by atoms with Crippen molar-refractivity contribution in [3.63, 3.8) is 0 Å². The smallest absolute Gasteiger partial charge is 0.344 e. The van der Waals surface area contributed by atoms with Crippen LogP contribution in [0.2, 0.25) is 0 Å². The number of carboxylic acid groups (broad SMARTS) is 1. The Morgan fingerprint density at radius 1 is 1.07 bits per heavy atom. The lowest BCUT2D eigenvalue weighted by Gasteiger charge is -2.45. The first-order valence-electron chi connectivity index (χ1n) is 9.57. The van der Waals surface area contributed by atoms with Crippen LogP contribution in [0.3, 0.4) is 0 Å². The van der Waals surface area contributed by atoms with Crippen LogP contribution in [0.4, 0.5) is 0 Å². The molecule has 0 saturated heterocycles. The standard InChI is InChI=1S/C20H31O9P/c1-7-19(17(21)22,12-14-9-10-15(27-5)16(11-14)28-6)20(8-2,30(24,25)26)18(23)29-13(3)4/h9-11,13H,7-8,12H2,1-6H3,(H,21,22)(H2,24,25,26). The number of carbonyl (C=O) groups excluding carboxylic acids is 1. The summed E-state index contributed by atoms with van der Waals surface area (Å²) in [4.78, 5) is 46.2. The summed E-state index contributed by atoms with van der Waals surface area (Å²) in [5.41, 5.74) is -1.72. The number of methoxy groups -OCH3 is 2. The highest BCUT2D eigenvalue weighted by Gasteiger charge is 2.69. The maximum Gasteiger partial charge on any atom is 0.344 e. The summed E-state index contributed by atoms with van der Waals surface area (Å²) in [6.45, 7) is 5.92. The highest BCUT2D eigenvalue weighted by Crippen LogP contribution is 2.64. The Morgan fingerprint density at radius 3 is 2.00 bits per heavy atom. The first kappa shape index (κ1) is 25.9. The number of hydrogen-bond donors (Lipinski definition) is 3. The minimum Gasteiger partial charge on any atom is -0.493 e. The van der Waals surface area contributed by atoms with Crippen LogP contribution in [0, 0.1) is 5.41 Å². The molecule has 0 aromatic heterocycles. The average Bonchev–Trinajstić information content (AvgIpc) is 2.65. The summed E-state index contributed by atoms with van der Waals surface area (Å²) in [6, 6.07) is 4.66. The van der Waals surface area contributed by atoms with E-state index in [1.807, 2.05) is 0 Å². The monoisotopic (exact) mass is 446 g/mol. The van der Waals surface area contributed by atoms with Gasteiger partial charge in [0.25, 0.3) is 0 Å². The van der Waals surface area contributed by atoms with Gasteiger partial charge in [0.05, 0.1) is 25.7 Å². The third-order valence-corrected chi connectivity index (χ3v) is 7.37. The van der Waals surface area contributed by atoms with Crippen molar-refractivity contribution >= 4 is 19.5 Å². The number of hydrogen-bond acceptors (Lipinski definition) is 6. The predicted octanol–water partition coefficient (Wildman–Crippen LogP) is 3.01. The SMILES string of the molecule is CCC(Cc1ccc(OC)c(OC)c1)(C(=O)O)C(CC)(C(=O)OC(C)C)P(=O)(O)O. The molecule has 1 rings (SSSR count). The molecule has 0 aliphatic heterocycles. The van der Waals surface area contributed by atoms with Gasteiger partial charge in [-0.05, 0) is 50.8 Å². The van der Waals surface area contributed by atoms with Gasteiger partial charge in [0.15, 0.2) is 16.7 Å². The van der Waals surface area contributed by atoms with Gasteiger partial charge in [-0.3, -0.25) is 14.2 Å². The van der Waals surface area contributed by atoms with Crippen molar-refractivity contribution in [2.45, 2.75) is 58.2 Å². The molecule has 0 radical (unpaired) electrons. The third kappa shape index (κ3) is 4.48. The van der Waals surface area contributed by atoms with Gasteiger partial charge in [-0.1, -0.05) is 19.9 Å². The molecule has 0 spiro atoms. The Bertz CT molecular complexity index is 816. The second kappa shape index (κ2) is 9.81. The van der Waals surface area contributed by atoms with Crippen LogP contribution in [-0.2, 0) is 25.3 Å². The van der Waals surface area contributed by atoms with Crippen LogP contribution in [-0.4, -0.2) is 52.3 Å². The summed E-state index contributed by atoms with van der Waals surface area (Å²) >= 11 is 0. The van der Waals surface area contributed by atoms with Crippen molar-refractivity contribution in [3.05, 3.63) is 23.8 Å². The fraction of sp³-hybridized carbons (Fsp3) is 0.600. The van der Waals surface area contributed by atoms with E-state index in [1.165, 1.54) is 48.0 Å². The first-order chi connectivity index (χ1) is 13.9. The fourth-order valence-corrected chi connectivity index (χ4v) is 5.49. The molecule has 9 nitrogen and oxygen atoms in total. The molecule has 2 atom stereocenters. The molecule has 170 valence electrons. The molecule has 0 aliphatic carbocycles. The summed E-state index contributed by atoms with van der Waals surface area (Å²) in [5.74, 6) is -1.98. The Labute approximate surface area is 176 Å². The lowest BCUT2D eigenvalue weighted by Crippen LogP contribution is -2.59. The van der Waals surface area contributed by atoms with Gasteiger partial charge in [-0.25, -0.2) is 0 Å². The number of ether oxygens (including phenoxy) is 3. The molecule has 1 aromatic rings. The molecule has 1 aromatic carbocycles. The van der Waals surface area contributed by atoms with Gasteiger partial charge in [0.2, 0.25) is 0 Å². The highest BCUT2D eigenvalue weighted by molar-refractivity contribution is 7.55. The number of esters is 1. The molecule has 10 heteroatoms. The lowest BCUT2D eigenvalue weighted by atomic mass is 9.67. The van der Waals surface area contributed by atoms with Gasteiger partial charge in [-0.2, -0.15) is 0 Å². The van der Waals surface area contributed by atoms with Crippen molar-refractivity contribution in [1.82, 2.24) is 0 Å². The summed E-state index contributed by atoms with van der Waals surface area (Å²) < 4.78 is 28.3. The molecule has 0 aliphatic rings. The van der Waals surface area contributed by atoms with Gasteiger partial charge >= 0.3 is 19.5 Å². The zero-order valence-corrected chi connectivity index (χ0v) is 19.1. The molecule has 2 unspecified atom stereocenters. The van der Waals surface area contributed by atoms with E-state index in [-0.39, 0.29) is 12.8 Å². The van der Waals surface area contributed by atoms with E-state index in [0.717, 1.165) is 0 Å². The van der Waals surface area contributed by atoms with Crippen molar-refractivity contribution in [2.24, 2.45) is 5.41 Å². The first-order valence-corrected chi connectivity index (χ1v) is 11.2. The molecule has 3 N–H and O–H groups in total. The van der Waals surface area contributed by atoms with E-state index in [0.29, 0.717) is 17.1 Å². The highest BCUT2D eigenvalue weighted by atomic mass is 31.2. The zero-order chi connectivity index (χ0) is 23.3. The van der Waals surface area contributed by atoms with Crippen LogP contribution in [0.5, 0.6) is 11.5 Å². The predicted molar refractivity (Wildman–Crippen MR) is 110 cm³/mol. The van der Waals surface area contributed by atoms with Gasteiger partial charge in [0, 0.05) is 0 Å². The van der Waals surface area contributed by atoms with Crippen molar-refractivity contribution in [3.8, 4) is 11.5 Å². The Hall–Kier alpha value is -2.09. The second-order valence-electron chi connectivity index (χ2n) is 7.32. The van der Waals surface area contributed by atoms with Crippen LogP contribution in [0.1, 0.15) is 46.1 Å². The fourth-order valence-electron chi connectivity index (χ4n) is 3.90. The van der Waals surface area contributed by atoms with Gasteiger partial charge < -0.3 is 29.1 Å². The maximum absolute atomic E-state index is 13.1. The van der Waals surface area contributed by atoms with Gasteiger partial charge in [0.1, 0.15) is 0 Å². The second-order valence-corrected chi connectivity index (χ2v) is 9.17. The third-order valence-electron chi connectivity index (χ3n) is 5.45. The molecule has 0 amide bonds. The number of benzene rings is 1. The van der Waals surface area contributed by atoms with E-state index < -0.39 is 42.6 Å². The molecule has 0 heterocycles. The molecule has 0 fully saturated rings. The van der Waals surface area contributed by atoms with E-state index in [9.17, 15) is 29.0 Å². The van der Waals surface area contributed by atoms with Crippen LogP contribution >= 0.6 is 7.60 Å². The molecule has 30 heavy (non-hydrogen) atoms. The summed E-state index contributed by atoms with van der Waals surface area (Å²) in [5, 5.41) is 7.65. The summed E-state index contributed by atoms with van der Waals surface area (Å²) in [7, 11) is -2.43. The number of rotatable bonds is 11. The number of carboxylic acids is 1. The quantitative estimate of drug-likeness (QED) is 0.346. The minimum absolute atomic E-state index is 0.219.